The molecule has 36 heavy (non-hydrogen) atoms. The zero-order chi connectivity index (χ0) is 24.4. The van der Waals surface area contributed by atoms with E-state index in [1.807, 2.05) is 36.8 Å². The monoisotopic (exact) mass is 477 g/mol. The van der Waals surface area contributed by atoms with Gasteiger partial charge in [-0.25, -0.2) is 0 Å². The van der Waals surface area contributed by atoms with Gasteiger partial charge in [0, 0.05) is 56.9 Å². The summed E-state index contributed by atoms with van der Waals surface area (Å²) >= 11 is 0. The van der Waals surface area contributed by atoms with Crippen molar-refractivity contribution in [1.82, 2.24) is 24.8 Å². The molecule has 1 aliphatic rings. The number of aromatic nitrogens is 3. The second-order valence-electron chi connectivity index (χ2n) is 9.68. The predicted molar refractivity (Wildman–Crippen MR) is 144 cm³/mol. The summed E-state index contributed by atoms with van der Waals surface area (Å²) < 4.78 is 0. The highest BCUT2D eigenvalue weighted by atomic mass is 15.3. The van der Waals surface area contributed by atoms with E-state index in [9.17, 15) is 0 Å². The normalized spacial score (nSPS) is 17.9. The maximum absolute atomic E-state index is 4.69. The van der Waals surface area contributed by atoms with E-state index in [4.69, 9.17) is 0 Å². The third-order valence-corrected chi connectivity index (χ3v) is 7.13. The molecule has 0 radical (unpaired) electrons. The molecule has 1 fully saturated rings. The largest absolute Gasteiger partial charge is 0.289 e. The van der Waals surface area contributed by atoms with Crippen LogP contribution in [0.25, 0.3) is 0 Å². The van der Waals surface area contributed by atoms with Gasteiger partial charge >= 0.3 is 0 Å². The zero-order valence-electron chi connectivity index (χ0n) is 20.9. The standard InChI is InChI=1S/C31H35N5/c1-2-12-26(13-3-1)22-35(23-27-14-6-9-19-32-27)30-17-4-5-18-31(30)36(24-28-15-7-10-20-33-28)25-29-16-8-11-21-34-29/h1-3,6-16,19-21,30-31H,4-5,17-18,22-25H2. The zero-order valence-corrected chi connectivity index (χ0v) is 20.9. The molecule has 0 bridgehead atoms. The lowest BCUT2D eigenvalue weighted by molar-refractivity contribution is 0.0278. The lowest BCUT2D eigenvalue weighted by atomic mass is 9.87. The van der Waals surface area contributed by atoms with E-state index in [2.05, 4.69) is 91.5 Å². The molecule has 4 aromatic rings. The van der Waals surface area contributed by atoms with Gasteiger partial charge in [0.2, 0.25) is 0 Å². The van der Waals surface area contributed by atoms with E-state index in [0.29, 0.717) is 12.1 Å². The van der Waals surface area contributed by atoms with Crippen molar-refractivity contribution < 1.29 is 0 Å². The van der Waals surface area contributed by atoms with Crippen LogP contribution in [0.5, 0.6) is 0 Å². The first-order valence-electron chi connectivity index (χ1n) is 13.1. The molecule has 0 amide bonds. The molecule has 0 aliphatic heterocycles. The fraction of sp³-hybridized carbons (Fsp3) is 0.323. The highest BCUT2D eigenvalue weighted by Crippen LogP contribution is 2.31. The average Bonchev–Trinajstić information content (AvgIpc) is 2.95. The van der Waals surface area contributed by atoms with Crippen molar-refractivity contribution in [2.75, 3.05) is 0 Å². The van der Waals surface area contributed by atoms with Crippen LogP contribution < -0.4 is 0 Å². The molecule has 2 atom stereocenters. The first kappa shape index (κ1) is 24.3. The minimum absolute atomic E-state index is 0.412. The maximum atomic E-state index is 4.69. The van der Waals surface area contributed by atoms with Crippen LogP contribution in [0.3, 0.4) is 0 Å². The third kappa shape index (κ3) is 6.62. The van der Waals surface area contributed by atoms with Crippen molar-refractivity contribution >= 4 is 0 Å². The molecule has 1 aromatic carbocycles. The summed E-state index contributed by atoms with van der Waals surface area (Å²) in [5.74, 6) is 0. The number of benzene rings is 1. The van der Waals surface area contributed by atoms with Gasteiger partial charge < -0.3 is 0 Å². The van der Waals surface area contributed by atoms with Crippen LogP contribution >= 0.6 is 0 Å². The summed E-state index contributed by atoms with van der Waals surface area (Å²) in [4.78, 5) is 19.3. The Hall–Kier alpha value is -3.41. The minimum Gasteiger partial charge on any atom is -0.289 e. The third-order valence-electron chi connectivity index (χ3n) is 7.13. The van der Waals surface area contributed by atoms with Crippen LogP contribution in [-0.2, 0) is 26.2 Å². The van der Waals surface area contributed by atoms with Gasteiger partial charge in [-0.1, -0.05) is 61.4 Å². The number of rotatable bonds is 10. The summed E-state index contributed by atoms with van der Waals surface area (Å²) in [5.41, 5.74) is 4.69. The van der Waals surface area contributed by atoms with Gasteiger partial charge in [0.05, 0.1) is 17.1 Å². The first-order chi connectivity index (χ1) is 17.8. The van der Waals surface area contributed by atoms with Gasteiger partial charge in [0.25, 0.3) is 0 Å². The summed E-state index contributed by atoms with van der Waals surface area (Å²) in [6.07, 6.45) is 10.6. The molecule has 5 nitrogen and oxygen atoms in total. The van der Waals surface area contributed by atoms with Gasteiger partial charge in [-0.2, -0.15) is 0 Å². The highest BCUT2D eigenvalue weighted by molar-refractivity contribution is 5.16. The Morgan fingerprint density at radius 3 is 1.33 bits per heavy atom. The smallest absolute Gasteiger partial charge is 0.0544 e. The molecular formula is C31H35N5. The van der Waals surface area contributed by atoms with Gasteiger partial charge in [0.1, 0.15) is 0 Å². The van der Waals surface area contributed by atoms with Gasteiger partial charge in [0.15, 0.2) is 0 Å². The topological polar surface area (TPSA) is 45.2 Å². The van der Waals surface area contributed by atoms with E-state index in [-0.39, 0.29) is 0 Å². The van der Waals surface area contributed by atoms with Gasteiger partial charge in [-0.3, -0.25) is 24.8 Å². The Morgan fingerprint density at radius 2 is 0.917 bits per heavy atom. The Kier molecular flexibility index (Phi) is 8.45. The van der Waals surface area contributed by atoms with Crippen molar-refractivity contribution in [2.24, 2.45) is 0 Å². The van der Waals surface area contributed by atoms with Crippen LogP contribution in [0.1, 0.15) is 48.3 Å². The Labute approximate surface area is 214 Å². The molecule has 5 rings (SSSR count). The Balaban J connectivity index is 1.45. The van der Waals surface area contributed by atoms with Crippen LogP contribution in [0.2, 0.25) is 0 Å². The molecule has 1 aliphatic carbocycles. The molecule has 0 spiro atoms. The minimum atomic E-state index is 0.412. The molecule has 0 N–H and O–H groups in total. The number of pyridine rings is 3. The van der Waals surface area contributed by atoms with Crippen LogP contribution in [0, 0.1) is 0 Å². The fourth-order valence-corrected chi connectivity index (χ4v) is 5.44. The molecule has 1 saturated carbocycles. The van der Waals surface area contributed by atoms with Crippen LogP contribution in [-0.4, -0.2) is 36.8 Å². The van der Waals surface area contributed by atoms with E-state index in [0.717, 1.165) is 43.3 Å². The van der Waals surface area contributed by atoms with Crippen LogP contribution in [0.4, 0.5) is 0 Å². The second-order valence-corrected chi connectivity index (χ2v) is 9.68. The second kappa shape index (κ2) is 12.5. The average molecular weight is 478 g/mol. The molecule has 0 saturated heterocycles. The summed E-state index contributed by atoms with van der Waals surface area (Å²) in [7, 11) is 0. The molecule has 184 valence electrons. The van der Waals surface area contributed by atoms with E-state index in [1.54, 1.807) is 0 Å². The Morgan fingerprint density at radius 1 is 0.500 bits per heavy atom. The van der Waals surface area contributed by atoms with Crippen molar-refractivity contribution in [3.63, 3.8) is 0 Å². The van der Waals surface area contributed by atoms with E-state index in [1.165, 1.54) is 31.2 Å². The highest BCUT2D eigenvalue weighted by Gasteiger charge is 2.35. The SMILES string of the molecule is c1ccc(CN(Cc2ccccn2)C2CCCCC2N(Cc2ccccn2)Cc2ccccn2)cc1. The molecule has 3 aromatic heterocycles. The molecular weight excluding hydrogens is 442 g/mol. The van der Waals surface area contributed by atoms with Crippen molar-refractivity contribution in [1.29, 1.82) is 0 Å². The lowest BCUT2D eigenvalue weighted by Gasteiger charge is -2.45. The number of hydrogen-bond acceptors (Lipinski definition) is 5. The number of nitrogens with zero attached hydrogens (tertiary/aromatic N) is 5. The summed E-state index contributed by atoms with van der Waals surface area (Å²) in [6, 6.07) is 30.4. The quantitative estimate of drug-likeness (QED) is 0.285. The predicted octanol–water partition coefficient (Wildman–Crippen LogP) is 5.89. The van der Waals surface area contributed by atoms with E-state index < -0.39 is 0 Å². The lowest BCUT2D eigenvalue weighted by Crippen LogP contribution is -2.52. The van der Waals surface area contributed by atoms with Crippen molar-refractivity contribution in [3.8, 4) is 0 Å². The summed E-state index contributed by atoms with van der Waals surface area (Å²) in [5, 5.41) is 0. The number of hydrogen-bond donors (Lipinski definition) is 0. The van der Waals surface area contributed by atoms with Gasteiger partial charge in [-0.05, 0) is 54.8 Å². The fourth-order valence-electron chi connectivity index (χ4n) is 5.44. The molecule has 3 heterocycles. The van der Waals surface area contributed by atoms with Crippen molar-refractivity contribution in [2.45, 2.75) is 63.9 Å². The van der Waals surface area contributed by atoms with E-state index >= 15 is 0 Å². The summed E-state index contributed by atoms with van der Waals surface area (Å²) in [6.45, 7) is 3.40. The van der Waals surface area contributed by atoms with Crippen LogP contribution in [0.15, 0.2) is 104 Å². The first-order valence-corrected chi connectivity index (χ1v) is 13.1. The van der Waals surface area contributed by atoms with Gasteiger partial charge in [-0.15, -0.1) is 0 Å². The molecule has 2 unspecified atom stereocenters. The molecule has 5 heteroatoms. The van der Waals surface area contributed by atoms with Crippen molar-refractivity contribution in [3.05, 3.63) is 126 Å². The Bertz CT molecular complexity index is 977. The maximum Gasteiger partial charge on any atom is 0.0544 e.